The summed E-state index contributed by atoms with van der Waals surface area (Å²) in [6.45, 7) is 1.94. The Balaban J connectivity index is 2.81. The van der Waals surface area contributed by atoms with E-state index in [4.69, 9.17) is 10.8 Å². The van der Waals surface area contributed by atoms with Crippen LogP contribution in [0.2, 0.25) is 0 Å². The molecule has 0 saturated heterocycles. The maximum atomic E-state index is 11.1. The number of anilines is 2. The van der Waals surface area contributed by atoms with Crippen LogP contribution in [0.15, 0.2) is 18.2 Å². The minimum Gasteiger partial charge on any atom is -0.478 e. The quantitative estimate of drug-likeness (QED) is 0.676. The van der Waals surface area contributed by atoms with Gasteiger partial charge in [0.25, 0.3) is 0 Å². The fourth-order valence-electron chi connectivity index (χ4n) is 1.12. The molecule has 1 aromatic rings. The summed E-state index contributed by atoms with van der Waals surface area (Å²) in [6, 6.07) is 4.12. The molecule has 0 bridgehead atoms. The molecule has 0 radical (unpaired) electrons. The third kappa shape index (κ3) is 2.88. The smallest absolute Gasteiger partial charge is 0.411 e. The van der Waals surface area contributed by atoms with Gasteiger partial charge in [-0.25, -0.2) is 9.59 Å². The maximum absolute atomic E-state index is 11.1. The van der Waals surface area contributed by atoms with Crippen molar-refractivity contribution < 1.29 is 19.4 Å². The zero-order valence-corrected chi connectivity index (χ0v) is 8.69. The predicted octanol–water partition coefficient (Wildman–Crippen LogP) is 1.54. The van der Waals surface area contributed by atoms with Gasteiger partial charge in [-0.05, 0) is 25.1 Å². The Morgan fingerprint density at radius 2 is 2.19 bits per heavy atom. The highest BCUT2D eigenvalue weighted by Gasteiger charge is 2.09. The van der Waals surface area contributed by atoms with Gasteiger partial charge in [0.2, 0.25) is 0 Å². The van der Waals surface area contributed by atoms with Crippen molar-refractivity contribution in [1.29, 1.82) is 0 Å². The van der Waals surface area contributed by atoms with E-state index in [2.05, 4.69) is 10.1 Å². The van der Waals surface area contributed by atoms with E-state index in [9.17, 15) is 9.59 Å². The zero-order chi connectivity index (χ0) is 12.1. The third-order valence-corrected chi connectivity index (χ3v) is 1.80. The molecule has 0 saturated carbocycles. The van der Waals surface area contributed by atoms with Crippen molar-refractivity contribution in [3.8, 4) is 0 Å². The summed E-state index contributed by atoms with van der Waals surface area (Å²) in [5, 5.41) is 11.1. The standard InChI is InChI=1S/C10H12N2O4/c1-2-16-10(15)12-6-3-4-7(9(13)14)8(11)5-6/h3-5H,2,11H2,1H3,(H,12,15)(H,13,14). The molecule has 1 rings (SSSR count). The minimum atomic E-state index is -1.11. The number of carbonyl (C=O) groups excluding carboxylic acids is 1. The number of carbonyl (C=O) groups is 2. The number of amides is 1. The van der Waals surface area contributed by atoms with Crippen LogP contribution in [0.3, 0.4) is 0 Å². The summed E-state index contributed by atoms with van der Waals surface area (Å²) in [5.41, 5.74) is 5.97. The number of rotatable bonds is 3. The van der Waals surface area contributed by atoms with E-state index in [0.717, 1.165) is 0 Å². The van der Waals surface area contributed by atoms with Crippen molar-refractivity contribution in [2.75, 3.05) is 17.7 Å². The van der Waals surface area contributed by atoms with Gasteiger partial charge in [0.05, 0.1) is 12.2 Å². The van der Waals surface area contributed by atoms with Gasteiger partial charge in [0, 0.05) is 11.4 Å². The topological polar surface area (TPSA) is 102 Å². The lowest BCUT2D eigenvalue weighted by molar-refractivity contribution is 0.0698. The van der Waals surface area contributed by atoms with Crippen LogP contribution >= 0.6 is 0 Å². The number of hydrogen-bond acceptors (Lipinski definition) is 4. The number of ether oxygens (including phenoxy) is 1. The fraction of sp³-hybridized carbons (Fsp3) is 0.200. The molecule has 0 fully saturated rings. The Bertz CT molecular complexity index is 417. The molecule has 1 aromatic carbocycles. The highest BCUT2D eigenvalue weighted by Crippen LogP contribution is 2.18. The van der Waals surface area contributed by atoms with Gasteiger partial charge in [-0.15, -0.1) is 0 Å². The van der Waals surface area contributed by atoms with Crippen molar-refractivity contribution in [1.82, 2.24) is 0 Å². The average molecular weight is 224 g/mol. The van der Waals surface area contributed by atoms with Crippen molar-refractivity contribution in [3.63, 3.8) is 0 Å². The molecule has 0 unspecified atom stereocenters. The Morgan fingerprint density at radius 1 is 1.50 bits per heavy atom. The first-order chi connectivity index (χ1) is 7.54. The lowest BCUT2D eigenvalue weighted by atomic mass is 10.1. The maximum Gasteiger partial charge on any atom is 0.411 e. The van der Waals surface area contributed by atoms with Crippen molar-refractivity contribution in [3.05, 3.63) is 23.8 Å². The van der Waals surface area contributed by atoms with Gasteiger partial charge in [0.1, 0.15) is 0 Å². The molecule has 16 heavy (non-hydrogen) atoms. The highest BCUT2D eigenvalue weighted by molar-refractivity contribution is 5.95. The molecule has 0 aliphatic heterocycles. The summed E-state index contributed by atoms with van der Waals surface area (Å²) in [6.07, 6.45) is -0.607. The SMILES string of the molecule is CCOC(=O)Nc1ccc(C(=O)O)c(N)c1. The minimum absolute atomic E-state index is 0.00518. The molecule has 0 aliphatic carbocycles. The van der Waals surface area contributed by atoms with E-state index in [0.29, 0.717) is 5.69 Å². The van der Waals surface area contributed by atoms with Crippen molar-refractivity contribution in [2.45, 2.75) is 6.92 Å². The van der Waals surface area contributed by atoms with Gasteiger partial charge in [-0.3, -0.25) is 5.32 Å². The van der Waals surface area contributed by atoms with Gasteiger partial charge < -0.3 is 15.6 Å². The number of carboxylic acid groups (broad SMARTS) is 1. The van der Waals surface area contributed by atoms with E-state index >= 15 is 0 Å². The van der Waals surface area contributed by atoms with Gasteiger partial charge in [0.15, 0.2) is 0 Å². The lowest BCUT2D eigenvalue weighted by Crippen LogP contribution is -2.13. The second kappa shape index (κ2) is 5.01. The number of nitrogen functional groups attached to an aromatic ring is 1. The summed E-state index contributed by atoms with van der Waals surface area (Å²) in [4.78, 5) is 21.7. The molecular weight excluding hydrogens is 212 g/mol. The van der Waals surface area contributed by atoms with E-state index in [-0.39, 0.29) is 17.9 Å². The van der Waals surface area contributed by atoms with Gasteiger partial charge in [-0.1, -0.05) is 0 Å². The third-order valence-electron chi connectivity index (χ3n) is 1.80. The fourth-order valence-corrected chi connectivity index (χ4v) is 1.12. The Labute approximate surface area is 92.0 Å². The van der Waals surface area contributed by atoms with E-state index < -0.39 is 12.1 Å². The van der Waals surface area contributed by atoms with Crippen LogP contribution in [0.5, 0.6) is 0 Å². The Morgan fingerprint density at radius 3 is 2.69 bits per heavy atom. The summed E-state index contributed by atoms with van der Waals surface area (Å²) >= 11 is 0. The van der Waals surface area contributed by atoms with Crippen LogP contribution in [0.25, 0.3) is 0 Å². The first-order valence-corrected chi connectivity index (χ1v) is 4.61. The van der Waals surface area contributed by atoms with Gasteiger partial charge >= 0.3 is 12.1 Å². The molecular formula is C10H12N2O4. The van der Waals surface area contributed by atoms with Crippen molar-refractivity contribution in [2.24, 2.45) is 0 Å². The predicted molar refractivity (Wildman–Crippen MR) is 58.5 cm³/mol. The molecule has 0 atom stereocenters. The Hall–Kier alpha value is -2.24. The van der Waals surface area contributed by atoms with Crippen LogP contribution in [0, 0.1) is 0 Å². The Kier molecular flexibility index (Phi) is 3.71. The average Bonchev–Trinajstić information content (AvgIpc) is 2.17. The summed E-state index contributed by atoms with van der Waals surface area (Å²) in [7, 11) is 0. The summed E-state index contributed by atoms with van der Waals surface area (Å²) in [5.74, 6) is -1.11. The van der Waals surface area contributed by atoms with E-state index in [1.54, 1.807) is 6.92 Å². The molecule has 0 spiro atoms. The number of aromatic carboxylic acids is 1. The number of hydrogen-bond donors (Lipinski definition) is 3. The second-order valence-electron chi connectivity index (χ2n) is 2.95. The van der Waals surface area contributed by atoms with Crippen molar-refractivity contribution >= 4 is 23.4 Å². The molecule has 4 N–H and O–H groups in total. The zero-order valence-electron chi connectivity index (χ0n) is 8.69. The van der Waals surface area contributed by atoms with Gasteiger partial charge in [-0.2, -0.15) is 0 Å². The highest BCUT2D eigenvalue weighted by atomic mass is 16.5. The first-order valence-electron chi connectivity index (χ1n) is 4.61. The largest absolute Gasteiger partial charge is 0.478 e. The van der Waals surface area contributed by atoms with Crippen LogP contribution < -0.4 is 11.1 Å². The number of benzene rings is 1. The molecule has 6 heteroatoms. The van der Waals surface area contributed by atoms with E-state index in [1.807, 2.05) is 0 Å². The molecule has 0 aromatic heterocycles. The molecule has 6 nitrogen and oxygen atoms in total. The number of nitrogens with one attached hydrogen (secondary N) is 1. The molecule has 0 heterocycles. The molecule has 86 valence electrons. The first kappa shape index (κ1) is 11.8. The number of nitrogens with two attached hydrogens (primary N) is 1. The normalized spacial score (nSPS) is 9.56. The van der Waals surface area contributed by atoms with E-state index in [1.165, 1.54) is 18.2 Å². The van der Waals surface area contributed by atoms with Crippen LogP contribution in [0.1, 0.15) is 17.3 Å². The van der Waals surface area contributed by atoms with Crippen LogP contribution in [-0.2, 0) is 4.74 Å². The monoisotopic (exact) mass is 224 g/mol. The number of carboxylic acids is 1. The van der Waals surface area contributed by atoms with Crippen LogP contribution in [0.4, 0.5) is 16.2 Å². The molecule has 0 aliphatic rings. The van der Waals surface area contributed by atoms with Crippen LogP contribution in [-0.4, -0.2) is 23.8 Å². The lowest BCUT2D eigenvalue weighted by Gasteiger charge is -2.07. The summed E-state index contributed by atoms with van der Waals surface area (Å²) < 4.78 is 4.66. The molecule has 1 amide bonds. The second-order valence-corrected chi connectivity index (χ2v) is 2.95.